The molecule has 4 aliphatic heterocycles. The number of fused-ring (bicyclic) bond motifs is 9. The molecular formula is C84H96F4N12O22. The fourth-order valence-electron chi connectivity index (χ4n) is 23.2. The number of benzene rings is 3. The van der Waals surface area contributed by atoms with E-state index in [1.165, 1.54) is 30.0 Å². The molecule has 2 spiro atoms. The average Bonchev–Trinajstić information content (AvgIpc) is 0.692. The van der Waals surface area contributed by atoms with E-state index in [1.807, 2.05) is 9.80 Å². The number of hydroxylamine groups is 4. The summed E-state index contributed by atoms with van der Waals surface area (Å²) in [7, 11) is 14.6. The molecule has 38 heteroatoms. The number of nitrogens with zero attached hydrogens (tertiary/aromatic N) is 9. The highest BCUT2D eigenvalue weighted by molar-refractivity contribution is 6.26. The molecule has 3 aromatic rings. The van der Waals surface area contributed by atoms with Gasteiger partial charge in [0.1, 0.15) is 69.1 Å². The number of phenols is 3. The van der Waals surface area contributed by atoms with Gasteiger partial charge in [-0.3, -0.25) is 62.8 Å². The van der Waals surface area contributed by atoms with Crippen LogP contribution in [0.4, 0.5) is 34.6 Å². The Morgan fingerprint density at radius 1 is 0.459 bits per heavy atom. The first kappa shape index (κ1) is 83.7. The van der Waals surface area contributed by atoms with E-state index >= 15 is 24.0 Å². The van der Waals surface area contributed by atoms with Crippen LogP contribution in [0.25, 0.3) is 5.76 Å². The minimum absolute atomic E-state index is 0.0417. The molecule has 0 unspecified atom stereocenters. The number of amides is 3. The van der Waals surface area contributed by atoms with Gasteiger partial charge in [-0.2, -0.15) is 0 Å². The summed E-state index contributed by atoms with van der Waals surface area (Å²) >= 11 is 0. The van der Waals surface area contributed by atoms with E-state index in [-0.39, 0.29) is 120 Å². The van der Waals surface area contributed by atoms with Crippen molar-refractivity contribution in [2.45, 2.75) is 118 Å². The molecule has 0 radical (unpaired) electrons. The number of ether oxygens (including phenoxy) is 1. The molecule has 3 amide bonds. The van der Waals surface area contributed by atoms with Crippen molar-refractivity contribution in [2.75, 3.05) is 138 Å². The van der Waals surface area contributed by atoms with Crippen LogP contribution in [0.2, 0.25) is 0 Å². The van der Waals surface area contributed by atoms with Crippen molar-refractivity contribution in [3.63, 3.8) is 0 Å². The number of Topliss-reactive ketones (excluding diaryl/α,β-unsaturated/α-hetero) is 6. The molecule has 12 atom stereocenters. The summed E-state index contributed by atoms with van der Waals surface area (Å²) in [6, 6.07) is -1.53. The molecule has 16 N–H and O–H groups in total. The highest BCUT2D eigenvalue weighted by atomic mass is 19.3. The molecule has 10 aliphatic carbocycles. The van der Waals surface area contributed by atoms with Gasteiger partial charge < -0.3 is 97.4 Å². The zero-order valence-electron chi connectivity index (χ0n) is 68.5. The highest BCUT2D eigenvalue weighted by Crippen LogP contribution is 2.63. The van der Waals surface area contributed by atoms with Crippen LogP contribution in [-0.4, -0.2) is 303 Å². The van der Waals surface area contributed by atoms with Gasteiger partial charge in [0.2, 0.25) is 11.7 Å². The number of primary amides is 3. The van der Waals surface area contributed by atoms with Gasteiger partial charge in [0.15, 0.2) is 57.2 Å². The first-order valence-corrected chi connectivity index (χ1v) is 40.2. The van der Waals surface area contributed by atoms with Crippen LogP contribution in [0, 0.1) is 46.3 Å². The van der Waals surface area contributed by atoms with E-state index in [4.69, 9.17) is 31.6 Å². The summed E-state index contributed by atoms with van der Waals surface area (Å²) in [5.74, 6) is -38.2. The number of alkyl halides is 4. The third-order valence-corrected chi connectivity index (χ3v) is 28.3. The summed E-state index contributed by atoms with van der Waals surface area (Å²) in [6.07, 6.45) is -3.33. The number of likely N-dealkylation sites (tertiary alicyclic amines) is 3. The number of allylic oxidation sites excluding steroid dienone is 2. The van der Waals surface area contributed by atoms with Crippen molar-refractivity contribution in [1.82, 2.24) is 29.7 Å². The van der Waals surface area contributed by atoms with Gasteiger partial charge in [0.05, 0.1) is 49.0 Å². The number of carbonyl (C=O) groups is 9. The normalized spacial score (nSPS) is 30.9. The van der Waals surface area contributed by atoms with Gasteiger partial charge in [-0.25, -0.2) is 17.6 Å². The molecule has 17 rings (SSSR count). The third kappa shape index (κ3) is 11.9. The lowest BCUT2D eigenvalue weighted by molar-refractivity contribution is -0.225. The van der Waals surface area contributed by atoms with Gasteiger partial charge in [0.25, 0.3) is 23.6 Å². The molecule has 3 aromatic carbocycles. The van der Waals surface area contributed by atoms with E-state index < -0.39 is 258 Å². The maximum absolute atomic E-state index is 16.6. The summed E-state index contributed by atoms with van der Waals surface area (Å²) in [4.78, 5) is 162. The number of hydrogen-bond donors (Lipinski definition) is 13. The number of nitrogens with two attached hydrogens (primary N) is 3. The Kier molecular flexibility index (Phi) is 19.0. The predicted octanol–water partition coefficient (Wildman–Crippen LogP) is 1.43. The number of aromatic hydroxyl groups is 3. The Bertz CT molecular complexity index is 5480. The van der Waals surface area contributed by atoms with E-state index in [2.05, 4.69) is 0 Å². The van der Waals surface area contributed by atoms with Crippen LogP contribution >= 0.6 is 0 Å². The lowest BCUT2D eigenvalue weighted by atomic mass is 9.57. The zero-order chi connectivity index (χ0) is 88.4. The quantitative estimate of drug-likeness (QED) is 0.0459. The lowest BCUT2D eigenvalue weighted by Gasteiger charge is -2.58. The molecule has 0 aromatic heterocycles. The van der Waals surface area contributed by atoms with E-state index in [9.17, 15) is 87.8 Å². The largest absolute Gasteiger partial charge is 0.508 e. The molecule has 122 heavy (non-hydrogen) atoms. The molecule has 4 saturated heterocycles. The molecule has 0 bridgehead atoms. The molecule has 14 aliphatic rings. The second kappa shape index (κ2) is 27.7. The van der Waals surface area contributed by atoms with Gasteiger partial charge in [-0.1, -0.05) is 0 Å². The number of hydrogen-bond acceptors (Lipinski definition) is 31. The van der Waals surface area contributed by atoms with Crippen molar-refractivity contribution < 1.29 is 126 Å². The number of anilines is 3. The van der Waals surface area contributed by atoms with Crippen LogP contribution < -0.4 is 31.9 Å². The second-order valence-electron chi connectivity index (χ2n) is 37.1. The number of phenolic OH excluding ortho intramolecular Hbond substituents is 3. The standard InChI is InChI=1S/C84H96F4N12O22/c1-92(2)45-19-38(22-100-29-81(87,88)30-100)60(101)51-39(45)11-33-14-43-58(67(108)55(76(90)115)70(111)82(43,117)69(110)48(33)63(51)104)96(9)122-74-50-35(13-41-47(94(5)6)18-37(62(103)53(41)65(50)106)21-99-27-79(28-99)31-120-32-79)16-44-59(68(109)56(77(91)116)72(113)84(44,74)119)97(10)121-73-49-34(15-42-57(95(7)8)66(107)54(75(89)114)71(112)83(42,73)118)12-40-46(93(3)4)17-36(61(102)52(40)64(49)105)20-98-25-78(26-98)23-80(85,86)24-78/h17-19,33-35,42-44,57-59,101-104,111-113,117-119H,11-16,20-32H2,1-10H3,(H2,89,114)(H2,90,115)(H2,91,116)/t33-,34-,35-,42-,43-,44-,57-,58-,59-,82-,83+,84+/m0/s1. The minimum atomic E-state index is -3.61. The van der Waals surface area contributed by atoms with E-state index in [0.717, 1.165) is 14.1 Å². The van der Waals surface area contributed by atoms with E-state index in [0.29, 0.717) is 53.5 Å². The molecular weight excluding hydrogens is 1600 g/mol. The number of halogens is 4. The number of rotatable bonds is 19. The van der Waals surface area contributed by atoms with Crippen LogP contribution in [-0.2, 0) is 86.9 Å². The molecule has 4 heterocycles. The Morgan fingerprint density at radius 3 is 1.13 bits per heavy atom. The minimum Gasteiger partial charge on any atom is -0.508 e. The van der Waals surface area contributed by atoms with Crippen LogP contribution in [0.3, 0.4) is 0 Å². The fraction of sp³-hybridized carbons (Fsp3) is 0.536. The van der Waals surface area contributed by atoms with Gasteiger partial charge in [0, 0.05) is 194 Å². The smallest absolute Gasteiger partial charge is 0.272 e. The Labute approximate surface area is 695 Å². The SMILES string of the molecule is CN(C)c1cc(CN2CC3(C2)CC(F)(F)C3)c(O)c2c1C[C@H]1C[C@H]3[C@H](N(C)C)C(=O)C(C(N)=O)=C(O)[C@@]3(O)C(ON(C)[C@@H]3C(=O)C(C(N)=O)=C(O)[C@@]4(O)C(ON(C)[C@@H]5C(=O)C(C(N)=O)=C(O)[C@@]6(O)C(=O)C7=C(O)c8c(O)c(CN9CC(F)(F)C9)cc(N(C)C)c8C[C@H]7C[C@@H]56)=C5C(=O)c6c(O)c(CN7CC8(COC8)C7)cc(N(C)C)c6C[C@H]5C[C@@H]34)=C1C2=O. The maximum Gasteiger partial charge on any atom is 0.272 e. The van der Waals surface area contributed by atoms with Crippen molar-refractivity contribution in [3.05, 3.63) is 131 Å². The van der Waals surface area contributed by atoms with Crippen LogP contribution in [0.5, 0.6) is 17.2 Å². The van der Waals surface area contributed by atoms with Gasteiger partial charge in [-0.15, -0.1) is 10.1 Å². The van der Waals surface area contributed by atoms with Crippen LogP contribution in [0.1, 0.15) is 91.8 Å². The van der Waals surface area contributed by atoms with E-state index in [1.54, 1.807) is 69.1 Å². The van der Waals surface area contributed by atoms with Gasteiger partial charge in [-0.05, 0) is 105 Å². The Balaban J connectivity index is 0.825. The monoisotopic (exact) mass is 1700 g/mol. The summed E-state index contributed by atoms with van der Waals surface area (Å²) in [5, 5.41) is 131. The first-order chi connectivity index (χ1) is 57.0. The van der Waals surface area contributed by atoms with Gasteiger partial charge >= 0.3 is 0 Å². The summed E-state index contributed by atoms with van der Waals surface area (Å²) < 4.78 is 62.6. The number of carbonyl (C=O) groups excluding carboxylic acids is 9. The van der Waals surface area contributed by atoms with Crippen molar-refractivity contribution in [1.29, 1.82) is 0 Å². The Hall–Kier alpha value is -10.6. The molecule has 6 fully saturated rings. The predicted molar refractivity (Wildman–Crippen MR) is 420 cm³/mol. The summed E-state index contributed by atoms with van der Waals surface area (Å²) in [6.45, 7) is 0.917. The second-order valence-corrected chi connectivity index (χ2v) is 37.1. The van der Waals surface area contributed by atoms with Crippen molar-refractivity contribution in [3.8, 4) is 17.2 Å². The maximum atomic E-state index is 16.6. The highest BCUT2D eigenvalue weighted by Gasteiger charge is 2.71. The topological polar surface area (TPSA) is 491 Å². The third-order valence-electron chi connectivity index (χ3n) is 28.3. The molecule has 652 valence electrons. The number of aliphatic hydroxyl groups is 7. The molecule has 34 nitrogen and oxygen atoms in total. The van der Waals surface area contributed by atoms with Crippen molar-refractivity contribution >= 4 is 75.2 Å². The fourth-order valence-corrected chi connectivity index (χ4v) is 23.2. The summed E-state index contributed by atoms with van der Waals surface area (Å²) in [5.41, 5.74) is 1.94. The average molecular weight is 1700 g/mol. The number of aliphatic hydroxyl groups excluding tert-OH is 4. The number of likely N-dealkylation sites (N-methyl/N-ethyl adjacent to an activating group) is 3. The first-order valence-electron chi connectivity index (χ1n) is 40.2. The Morgan fingerprint density at radius 2 is 0.787 bits per heavy atom. The zero-order valence-corrected chi connectivity index (χ0v) is 68.5. The number of ketones is 6. The van der Waals surface area contributed by atoms with Crippen LogP contribution in [0.15, 0.2) is 80.4 Å². The van der Waals surface area contributed by atoms with Crippen molar-refractivity contribution in [2.24, 2.45) is 63.5 Å². The molecule has 2 saturated carbocycles. The lowest BCUT2D eigenvalue weighted by Crippen LogP contribution is -2.67.